The first-order valence-corrected chi connectivity index (χ1v) is 16.5. The summed E-state index contributed by atoms with van der Waals surface area (Å²) in [5, 5.41) is 26.4. The quantitative estimate of drug-likeness (QED) is 0.389. The van der Waals surface area contributed by atoms with Crippen molar-refractivity contribution in [1.29, 1.82) is 0 Å². The Hall–Kier alpha value is -2.65. The summed E-state index contributed by atoms with van der Waals surface area (Å²) in [6.45, 7) is 15.3. The minimum atomic E-state index is -1.49. The van der Waals surface area contributed by atoms with Gasteiger partial charge in [-0.25, -0.2) is 0 Å². The van der Waals surface area contributed by atoms with Crippen LogP contribution in [0.2, 0.25) is 0 Å². The number of aliphatic hydroxyl groups is 2. The van der Waals surface area contributed by atoms with Gasteiger partial charge in [-0.2, -0.15) is 0 Å². The van der Waals surface area contributed by atoms with E-state index in [-0.39, 0.29) is 41.3 Å². The Morgan fingerprint density at radius 2 is 1.67 bits per heavy atom. The van der Waals surface area contributed by atoms with E-state index in [0.717, 1.165) is 17.5 Å². The van der Waals surface area contributed by atoms with Gasteiger partial charge in [-0.1, -0.05) is 6.92 Å². The number of rotatable bonds is 1. The summed E-state index contributed by atoms with van der Waals surface area (Å²) in [7, 11) is 0. The lowest BCUT2D eigenvalue weighted by atomic mass is 9.41. The lowest BCUT2D eigenvalue weighted by Crippen LogP contribution is -2.70. The lowest BCUT2D eigenvalue weighted by Gasteiger charge is -2.65. The van der Waals surface area contributed by atoms with Crippen LogP contribution in [0.1, 0.15) is 109 Å². The molecule has 0 bridgehead atoms. The molecule has 7 rings (SSSR count). The summed E-state index contributed by atoms with van der Waals surface area (Å²) < 4.78 is 12.6. The summed E-state index contributed by atoms with van der Waals surface area (Å²) in [6, 6.07) is 3.97. The van der Waals surface area contributed by atoms with E-state index in [9.17, 15) is 24.6 Å². The molecule has 8 heteroatoms. The number of nitrogens with one attached hydrogen (secondary N) is 1. The molecule has 242 valence electrons. The molecular weight excluding hydrogens is 570 g/mol. The Kier molecular flexibility index (Phi) is 6.36. The fraction of sp³-hybridized carbons (Fsp3) is 0.649. The topological polar surface area (TPSA) is 122 Å². The summed E-state index contributed by atoms with van der Waals surface area (Å²) in [5.74, 6) is -0.750. The molecule has 3 aliphatic carbocycles. The highest BCUT2D eigenvalue weighted by Gasteiger charge is 2.70. The van der Waals surface area contributed by atoms with Gasteiger partial charge in [0.05, 0.1) is 39.6 Å². The van der Waals surface area contributed by atoms with Crippen molar-refractivity contribution >= 4 is 28.7 Å². The van der Waals surface area contributed by atoms with Crippen LogP contribution in [0.3, 0.4) is 0 Å². The van der Waals surface area contributed by atoms with Crippen LogP contribution >= 0.6 is 0 Å². The van der Waals surface area contributed by atoms with Crippen LogP contribution < -0.4 is 5.32 Å². The van der Waals surface area contributed by atoms with Crippen LogP contribution in [-0.4, -0.2) is 62.3 Å². The molecule has 1 amide bonds. The maximum Gasteiger partial charge on any atom is 0.231 e. The summed E-state index contributed by atoms with van der Waals surface area (Å²) in [6.07, 6.45) is 4.77. The molecule has 0 spiro atoms. The first-order valence-electron chi connectivity index (χ1n) is 16.5. The average molecular weight is 618 g/mol. The molecule has 0 radical (unpaired) electrons. The van der Waals surface area contributed by atoms with Gasteiger partial charge in [0.15, 0.2) is 11.6 Å². The van der Waals surface area contributed by atoms with Crippen molar-refractivity contribution in [2.24, 2.45) is 22.7 Å². The Morgan fingerprint density at radius 1 is 0.956 bits per heavy atom. The van der Waals surface area contributed by atoms with Gasteiger partial charge < -0.3 is 25.0 Å². The number of amides is 1. The Labute approximate surface area is 265 Å². The summed E-state index contributed by atoms with van der Waals surface area (Å²) in [4.78, 5) is 42.0. The number of Topliss-reactive ketones (excluding diaryl/α,β-unsaturated/α-hetero) is 1. The molecule has 0 saturated heterocycles. The van der Waals surface area contributed by atoms with E-state index in [1.807, 2.05) is 26.0 Å². The zero-order valence-electron chi connectivity index (χ0n) is 27.8. The number of anilines is 1. The zero-order valence-corrected chi connectivity index (χ0v) is 27.8. The van der Waals surface area contributed by atoms with Crippen molar-refractivity contribution in [3.63, 3.8) is 0 Å². The third-order valence-electron chi connectivity index (χ3n) is 12.6. The fourth-order valence-corrected chi connectivity index (χ4v) is 10.1. The van der Waals surface area contributed by atoms with E-state index in [0.29, 0.717) is 42.5 Å². The largest absolute Gasteiger partial charge is 0.387 e. The zero-order chi connectivity index (χ0) is 32.7. The molecule has 3 aliphatic heterocycles. The second-order valence-corrected chi connectivity index (χ2v) is 16.6. The van der Waals surface area contributed by atoms with Gasteiger partial charge >= 0.3 is 0 Å². The highest BCUT2D eigenvalue weighted by Crippen LogP contribution is 2.67. The van der Waals surface area contributed by atoms with Gasteiger partial charge in [0.2, 0.25) is 5.91 Å². The maximum atomic E-state index is 14.7. The highest BCUT2D eigenvalue weighted by molar-refractivity contribution is 6.09. The second kappa shape index (κ2) is 9.24. The molecule has 1 aromatic rings. The molecule has 2 fully saturated rings. The van der Waals surface area contributed by atoms with Crippen LogP contribution in [0.15, 0.2) is 29.9 Å². The van der Waals surface area contributed by atoms with E-state index in [1.165, 1.54) is 11.6 Å². The van der Waals surface area contributed by atoms with E-state index < -0.39 is 39.8 Å². The number of fused-ring (bicyclic) bond motifs is 9. The molecular formula is C37H47NO7. The third kappa shape index (κ3) is 4.14. The fourth-order valence-electron chi connectivity index (χ4n) is 10.1. The molecule has 8 nitrogen and oxygen atoms in total. The van der Waals surface area contributed by atoms with Crippen LogP contribution in [0, 0.1) is 22.7 Å². The van der Waals surface area contributed by atoms with E-state index in [2.05, 4.69) is 39.1 Å². The SMILES string of the molecule is CC1(C)C=C2c3cc4c(cc3C[C@@H]2C(C)(C)O1)C(=O)C[C@@H]1CC[C@@]2(O)C3=CC(=O)[C@H](C(C)(C)O)O[C@H]3CC[C@]2(C)[C@@]1(C)C(=O)N4. The van der Waals surface area contributed by atoms with Gasteiger partial charge in [-0.3, -0.25) is 14.4 Å². The van der Waals surface area contributed by atoms with Gasteiger partial charge in [0, 0.05) is 23.3 Å². The van der Waals surface area contributed by atoms with Crippen LogP contribution in [0.5, 0.6) is 0 Å². The first kappa shape index (κ1) is 31.0. The molecule has 7 atom stereocenters. The summed E-state index contributed by atoms with van der Waals surface area (Å²) in [5.41, 5.74) is -0.888. The standard InChI is InChI=1S/C37H47NO7/c1-32(2)18-23-21-16-26-22(13-19(21)14-24(23)34(5,6)45-32)27(39)15-20-9-12-37(43)25-17-28(40)30(33(3,4)42)44-29(25)10-11-35(37,7)36(20,8)31(41)38-26/h13,16-18,20,24,29-30,42-43H,9-12,14-15H2,1-8H3,(H,38,41)/t20-,24-,29-,30+,35+,36+,37+/m0/s1. The third-order valence-corrected chi connectivity index (χ3v) is 12.6. The maximum absolute atomic E-state index is 14.7. The average Bonchev–Trinajstić information content (AvgIpc) is 3.27. The highest BCUT2D eigenvalue weighted by atomic mass is 16.5. The van der Waals surface area contributed by atoms with E-state index in [1.54, 1.807) is 13.8 Å². The van der Waals surface area contributed by atoms with Gasteiger partial charge in [0.25, 0.3) is 0 Å². The number of carbonyl (C=O) groups excluding carboxylic acids is 3. The van der Waals surface area contributed by atoms with Gasteiger partial charge in [-0.05, 0) is 133 Å². The van der Waals surface area contributed by atoms with Crippen molar-refractivity contribution < 1.29 is 34.1 Å². The predicted octanol–water partition coefficient (Wildman–Crippen LogP) is 5.34. The molecule has 6 aliphatic rings. The monoisotopic (exact) mass is 617 g/mol. The van der Waals surface area contributed by atoms with Crippen molar-refractivity contribution in [3.8, 4) is 0 Å². The number of ketones is 2. The number of ether oxygens (including phenoxy) is 2. The minimum absolute atomic E-state index is 0.00476. The molecule has 0 aromatic heterocycles. The van der Waals surface area contributed by atoms with Gasteiger partial charge in [0.1, 0.15) is 6.10 Å². The second-order valence-electron chi connectivity index (χ2n) is 16.6. The van der Waals surface area contributed by atoms with Crippen molar-refractivity contribution in [1.82, 2.24) is 0 Å². The normalized spacial score (nSPS) is 39.8. The smallest absolute Gasteiger partial charge is 0.231 e. The molecule has 3 N–H and O–H groups in total. The van der Waals surface area contributed by atoms with Crippen molar-refractivity contribution in [3.05, 3.63) is 46.5 Å². The molecule has 45 heavy (non-hydrogen) atoms. The summed E-state index contributed by atoms with van der Waals surface area (Å²) >= 11 is 0. The predicted molar refractivity (Wildman–Crippen MR) is 170 cm³/mol. The van der Waals surface area contributed by atoms with Crippen LogP contribution in [0.25, 0.3) is 5.57 Å². The van der Waals surface area contributed by atoms with E-state index >= 15 is 0 Å². The number of benzene rings is 1. The van der Waals surface area contributed by atoms with Crippen molar-refractivity contribution in [2.45, 2.75) is 129 Å². The number of hydrogen-bond donors (Lipinski definition) is 3. The molecule has 1 aromatic carbocycles. The molecule has 0 unspecified atom stereocenters. The Balaban J connectivity index is 1.30. The van der Waals surface area contributed by atoms with Crippen molar-refractivity contribution in [2.75, 3.05) is 5.32 Å². The van der Waals surface area contributed by atoms with Crippen LogP contribution in [-0.2, 0) is 25.5 Å². The minimum Gasteiger partial charge on any atom is -0.387 e. The van der Waals surface area contributed by atoms with E-state index in [4.69, 9.17) is 9.47 Å². The lowest BCUT2D eigenvalue weighted by molar-refractivity contribution is -0.215. The number of carbonyl (C=O) groups is 3. The molecule has 2 saturated carbocycles. The van der Waals surface area contributed by atoms with Gasteiger partial charge in [-0.15, -0.1) is 0 Å². The van der Waals surface area contributed by atoms with Crippen LogP contribution in [0.4, 0.5) is 5.69 Å². The Morgan fingerprint density at radius 3 is 2.36 bits per heavy atom. The molecule has 3 heterocycles. The Bertz CT molecular complexity index is 1610. The number of hydrogen-bond acceptors (Lipinski definition) is 7. The first-order chi connectivity index (χ1) is 20.7.